The van der Waals surface area contributed by atoms with E-state index < -0.39 is 10.0 Å². The molecule has 1 saturated heterocycles. The number of carbonyl (C=O) groups excluding carboxylic acids is 1. The summed E-state index contributed by atoms with van der Waals surface area (Å²) in [5.41, 5.74) is 0. The van der Waals surface area contributed by atoms with E-state index in [9.17, 15) is 13.2 Å². The number of amides is 1. The van der Waals surface area contributed by atoms with Crippen molar-refractivity contribution in [2.75, 3.05) is 26.2 Å². The summed E-state index contributed by atoms with van der Waals surface area (Å²) in [5.74, 6) is -0.581. The quantitative estimate of drug-likeness (QED) is 0.841. The van der Waals surface area contributed by atoms with Gasteiger partial charge in [0.05, 0.1) is 17.4 Å². The second-order valence-corrected chi connectivity index (χ2v) is 8.16. The Morgan fingerprint density at radius 2 is 1.96 bits per heavy atom. The molecule has 0 aromatic heterocycles. The van der Waals surface area contributed by atoms with Gasteiger partial charge in [-0.1, -0.05) is 30.3 Å². The molecule has 1 atom stereocenters. The average Bonchev–Trinajstić information content (AvgIpc) is 2.65. The minimum Gasteiger partial charge on any atom is -0.395 e. The fraction of sp³-hybridized carbons (Fsp3) is 0.389. The van der Waals surface area contributed by atoms with Gasteiger partial charge in [-0.25, -0.2) is 8.42 Å². The minimum atomic E-state index is -3.64. The van der Waals surface area contributed by atoms with Crippen LogP contribution in [0, 0.1) is 5.92 Å². The molecule has 2 N–H and O–H groups in total. The van der Waals surface area contributed by atoms with Crippen LogP contribution >= 0.6 is 0 Å². The summed E-state index contributed by atoms with van der Waals surface area (Å²) in [6.07, 6.45) is 1.30. The second-order valence-electron chi connectivity index (χ2n) is 6.23. The van der Waals surface area contributed by atoms with Crippen molar-refractivity contribution in [1.82, 2.24) is 9.62 Å². The summed E-state index contributed by atoms with van der Waals surface area (Å²) in [5, 5.41) is 13.3. The highest BCUT2D eigenvalue weighted by molar-refractivity contribution is 7.89. The topological polar surface area (TPSA) is 86.7 Å². The van der Waals surface area contributed by atoms with Crippen LogP contribution in [0.3, 0.4) is 0 Å². The van der Waals surface area contributed by atoms with Gasteiger partial charge in [-0.2, -0.15) is 4.31 Å². The number of nitrogens with zero attached hydrogens (tertiary/aromatic N) is 1. The zero-order chi connectivity index (χ0) is 17.9. The largest absolute Gasteiger partial charge is 0.395 e. The SMILES string of the molecule is O=C(NCCO)[C@H]1CCCN(S(=O)(=O)c2ccc3ccccc3c2)C1. The molecule has 0 unspecified atom stereocenters. The molecular formula is C18H22N2O4S. The standard InChI is InChI=1S/C18H22N2O4S/c21-11-9-19-18(22)16-6-3-10-20(13-16)25(23,24)17-8-7-14-4-1-2-5-15(14)12-17/h1-2,4-5,7-8,12,16,21H,3,6,9-11,13H2,(H,19,22)/t16-/m0/s1. The summed E-state index contributed by atoms with van der Waals surface area (Å²) >= 11 is 0. The Bertz CT molecular complexity index is 866. The van der Waals surface area contributed by atoms with Crippen molar-refractivity contribution in [2.24, 2.45) is 5.92 Å². The van der Waals surface area contributed by atoms with Crippen LogP contribution in [0.2, 0.25) is 0 Å². The number of sulfonamides is 1. The van der Waals surface area contributed by atoms with E-state index in [1.807, 2.05) is 24.3 Å². The van der Waals surface area contributed by atoms with Crippen molar-refractivity contribution in [3.8, 4) is 0 Å². The number of aliphatic hydroxyl groups is 1. The van der Waals surface area contributed by atoms with Crippen LogP contribution in [0.25, 0.3) is 10.8 Å². The third kappa shape index (κ3) is 3.84. The Morgan fingerprint density at radius 3 is 2.72 bits per heavy atom. The predicted octanol–water partition coefficient (Wildman–Crippen LogP) is 1.35. The number of rotatable bonds is 5. The third-order valence-electron chi connectivity index (χ3n) is 4.52. The van der Waals surface area contributed by atoms with Crippen molar-refractivity contribution in [2.45, 2.75) is 17.7 Å². The third-order valence-corrected chi connectivity index (χ3v) is 6.39. The Morgan fingerprint density at radius 1 is 1.20 bits per heavy atom. The molecule has 0 bridgehead atoms. The van der Waals surface area contributed by atoms with Gasteiger partial charge in [0.1, 0.15) is 0 Å². The molecule has 134 valence electrons. The number of hydrogen-bond acceptors (Lipinski definition) is 4. The van der Waals surface area contributed by atoms with Gasteiger partial charge in [-0.15, -0.1) is 0 Å². The first-order valence-corrected chi connectivity index (χ1v) is 9.84. The molecule has 1 aliphatic rings. The maximum absolute atomic E-state index is 13.0. The lowest BCUT2D eigenvalue weighted by Gasteiger charge is -2.31. The predicted molar refractivity (Wildman–Crippen MR) is 95.5 cm³/mol. The van der Waals surface area contributed by atoms with Crippen LogP contribution in [0.15, 0.2) is 47.4 Å². The molecule has 1 amide bonds. The molecule has 0 spiro atoms. The van der Waals surface area contributed by atoms with E-state index in [1.165, 1.54) is 4.31 Å². The smallest absolute Gasteiger partial charge is 0.243 e. The minimum absolute atomic E-state index is 0.127. The summed E-state index contributed by atoms with van der Waals surface area (Å²) in [7, 11) is -3.64. The van der Waals surface area contributed by atoms with E-state index in [-0.39, 0.29) is 36.4 Å². The normalized spacial score (nSPS) is 19.0. The number of aliphatic hydroxyl groups excluding tert-OH is 1. The fourth-order valence-electron chi connectivity index (χ4n) is 3.18. The fourth-order valence-corrected chi connectivity index (χ4v) is 4.73. The number of nitrogens with one attached hydrogen (secondary N) is 1. The maximum atomic E-state index is 13.0. The molecule has 3 rings (SSSR count). The van der Waals surface area contributed by atoms with Gasteiger partial charge in [0, 0.05) is 19.6 Å². The lowest BCUT2D eigenvalue weighted by Crippen LogP contribution is -2.45. The van der Waals surface area contributed by atoms with E-state index in [0.717, 1.165) is 10.8 Å². The van der Waals surface area contributed by atoms with E-state index in [1.54, 1.807) is 18.2 Å². The first-order chi connectivity index (χ1) is 12.0. The van der Waals surface area contributed by atoms with Crippen molar-refractivity contribution in [3.05, 3.63) is 42.5 Å². The number of carbonyl (C=O) groups is 1. The van der Waals surface area contributed by atoms with E-state index in [2.05, 4.69) is 5.32 Å². The highest BCUT2D eigenvalue weighted by Crippen LogP contribution is 2.26. The second kappa shape index (κ2) is 7.51. The Hall–Kier alpha value is -1.96. The van der Waals surface area contributed by atoms with E-state index in [4.69, 9.17) is 5.11 Å². The average molecular weight is 362 g/mol. The van der Waals surface area contributed by atoms with E-state index >= 15 is 0 Å². The van der Waals surface area contributed by atoms with Crippen molar-refractivity contribution >= 4 is 26.7 Å². The van der Waals surface area contributed by atoms with Crippen LogP contribution < -0.4 is 5.32 Å². The Labute approximate surface area is 147 Å². The van der Waals surface area contributed by atoms with Crippen molar-refractivity contribution in [3.63, 3.8) is 0 Å². The number of hydrogen-bond donors (Lipinski definition) is 2. The van der Waals surface area contributed by atoms with Gasteiger partial charge >= 0.3 is 0 Å². The molecule has 6 nitrogen and oxygen atoms in total. The van der Waals surface area contributed by atoms with Gasteiger partial charge in [-0.3, -0.25) is 4.79 Å². The zero-order valence-electron chi connectivity index (χ0n) is 13.9. The Kier molecular flexibility index (Phi) is 5.36. The lowest BCUT2D eigenvalue weighted by molar-refractivity contribution is -0.126. The first-order valence-electron chi connectivity index (χ1n) is 8.40. The summed E-state index contributed by atoms with van der Waals surface area (Å²) in [6, 6.07) is 12.7. The number of fused-ring (bicyclic) bond motifs is 1. The van der Waals surface area contributed by atoms with Crippen LogP contribution in [0.1, 0.15) is 12.8 Å². The lowest BCUT2D eigenvalue weighted by atomic mass is 9.99. The molecule has 2 aromatic carbocycles. The summed E-state index contributed by atoms with van der Waals surface area (Å²) in [6.45, 7) is 0.648. The zero-order valence-corrected chi connectivity index (χ0v) is 14.7. The van der Waals surface area contributed by atoms with Crippen molar-refractivity contribution in [1.29, 1.82) is 0 Å². The van der Waals surface area contributed by atoms with Gasteiger partial charge < -0.3 is 10.4 Å². The van der Waals surface area contributed by atoms with Gasteiger partial charge in [0.25, 0.3) is 0 Å². The molecule has 25 heavy (non-hydrogen) atoms. The molecule has 7 heteroatoms. The molecule has 1 heterocycles. The highest BCUT2D eigenvalue weighted by atomic mass is 32.2. The molecule has 0 aliphatic carbocycles. The van der Waals surface area contributed by atoms with Crippen LogP contribution in [-0.2, 0) is 14.8 Å². The molecule has 1 fully saturated rings. The molecule has 0 radical (unpaired) electrons. The van der Waals surface area contributed by atoms with E-state index in [0.29, 0.717) is 19.4 Å². The summed E-state index contributed by atoms with van der Waals surface area (Å²) < 4.78 is 27.3. The molecule has 2 aromatic rings. The summed E-state index contributed by atoms with van der Waals surface area (Å²) in [4.78, 5) is 12.3. The van der Waals surface area contributed by atoms with Gasteiger partial charge in [0.15, 0.2) is 0 Å². The number of benzene rings is 2. The van der Waals surface area contributed by atoms with Gasteiger partial charge in [0.2, 0.25) is 15.9 Å². The van der Waals surface area contributed by atoms with Gasteiger partial charge in [-0.05, 0) is 35.7 Å². The number of piperidine rings is 1. The van der Waals surface area contributed by atoms with Crippen molar-refractivity contribution < 1.29 is 18.3 Å². The molecular weight excluding hydrogens is 340 g/mol. The monoisotopic (exact) mass is 362 g/mol. The maximum Gasteiger partial charge on any atom is 0.243 e. The molecule has 1 aliphatic heterocycles. The van der Waals surface area contributed by atoms with Crippen LogP contribution in [0.5, 0.6) is 0 Å². The molecule has 0 saturated carbocycles. The highest BCUT2D eigenvalue weighted by Gasteiger charge is 2.33. The van der Waals surface area contributed by atoms with Crippen LogP contribution in [0.4, 0.5) is 0 Å². The van der Waals surface area contributed by atoms with Crippen LogP contribution in [-0.4, -0.2) is 50.0 Å². The Balaban J connectivity index is 1.81. The first kappa shape index (κ1) is 17.8.